The van der Waals surface area contributed by atoms with Gasteiger partial charge in [-0.2, -0.15) is 5.10 Å². The highest BCUT2D eigenvalue weighted by Gasteiger charge is 2.13. The van der Waals surface area contributed by atoms with Crippen LogP contribution in [-0.4, -0.2) is 39.3 Å². The molecule has 0 unspecified atom stereocenters. The molecule has 1 heterocycles. The van der Waals surface area contributed by atoms with Crippen molar-refractivity contribution in [3.05, 3.63) is 58.0 Å². The van der Waals surface area contributed by atoms with Crippen molar-refractivity contribution in [2.24, 2.45) is 10.1 Å². The van der Waals surface area contributed by atoms with E-state index in [4.69, 9.17) is 14.2 Å². The Morgan fingerprint density at radius 1 is 1.00 bits per heavy atom. The monoisotopic (exact) mass is 401 g/mol. The number of aromatic nitrogens is 1. The highest BCUT2D eigenvalue weighted by Crippen LogP contribution is 2.32. The van der Waals surface area contributed by atoms with Crippen LogP contribution in [0.2, 0.25) is 0 Å². The lowest BCUT2D eigenvalue weighted by atomic mass is 10.1. The van der Waals surface area contributed by atoms with E-state index < -0.39 is 0 Å². The van der Waals surface area contributed by atoms with E-state index in [2.05, 4.69) is 10.1 Å². The lowest BCUT2D eigenvalue weighted by Gasteiger charge is -2.12. The molecule has 0 aliphatic rings. The molecule has 0 aliphatic carbocycles. The molecule has 2 aromatic carbocycles. The second kappa shape index (κ2) is 8.71. The Bertz CT molecular complexity index is 1030. The fourth-order valence-electron chi connectivity index (χ4n) is 2.66. The molecule has 0 saturated carbocycles. The van der Waals surface area contributed by atoms with E-state index in [-0.39, 0.29) is 5.82 Å². The first kappa shape index (κ1) is 19.6. The summed E-state index contributed by atoms with van der Waals surface area (Å²) in [5, 5.41) is 6.52. The van der Waals surface area contributed by atoms with Crippen molar-refractivity contribution in [2.45, 2.75) is 0 Å². The molecule has 0 fully saturated rings. The van der Waals surface area contributed by atoms with Gasteiger partial charge >= 0.3 is 0 Å². The van der Waals surface area contributed by atoms with Crippen LogP contribution in [0.25, 0.3) is 11.3 Å². The summed E-state index contributed by atoms with van der Waals surface area (Å²) in [6.07, 6.45) is 1.64. The largest absolute Gasteiger partial charge is 0.496 e. The molecule has 0 radical (unpaired) electrons. The summed E-state index contributed by atoms with van der Waals surface area (Å²) in [6, 6.07) is 9.76. The van der Waals surface area contributed by atoms with Gasteiger partial charge in [0.05, 0.1) is 38.8 Å². The molecule has 0 aliphatic heterocycles. The minimum absolute atomic E-state index is 0.290. The van der Waals surface area contributed by atoms with Crippen molar-refractivity contribution < 1.29 is 18.6 Å². The van der Waals surface area contributed by atoms with E-state index in [0.717, 1.165) is 11.3 Å². The first-order valence-corrected chi connectivity index (χ1v) is 9.23. The molecule has 0 N–H and O–H groups in total. The van der Waals surface area contributed by atoms with Crippen LogP contribution in [-0.2, 0) is 0 Å². The molecule has 3 rings (SSSR count). The molecule has 0 bridgehead atoms. The van der Waals surface area contributed by atoms with E-state index in [0.29, 0.717) is 27.6 Å². The van der Waals surface area contributed by atoms with Crippen molar-refractivity contribution in [2.75, 3.05) is 28.4 Å². The molecular formula is C20H20FN3O3S. The third-order valence-electron chi connectivity index (χ3n) is 4.07. The van der Waals surface area contributed by atoms with Crippen LogP contribution < -0.4 is 19.0 Å². The maximum atomic E-state index is 13.3. The summed E-state index contributed by atoms with van der Waals surface area (Å²) in [4.78, 5) is 4.97. The van der Waals surface area contributed by atoms with E-state index >= 15 is 0 Å². The number of hydrogen-bond acceptors (Lipinski definition) is 6. The van der Waals surface area contributed by atoms with E-state index in [9.17, 15) is 4.39 Å². The molecule has 0 spiro atoms. The molecule has 146 valence electrons. The van der Waals surface area contributed by atoms with Gasteiger partial charge in [0.2, 0.25) is 4.80 Å². The topological polar surface area (TPSA) is 57.3 Å². The van der Waals surface area contributed by atoms with E-state index in [1.54, 1.807) is 63.5 Å². The van der Waals surface area contributed by atoms with Crippen molar-refractivity contribution in [3.63, 3.8) is 0 Å². The van der Waals surface area contributed by atoms with Gasteiger partial charge in [0.1, 0.15) is 23.1 Å². The third kappa shape index (κ3) is 3.91. The number of rotatable bonds is 6. The lowest BCUT2D eigenvalue weighted by molar-refractivity contribution is 0.374. The average Bonchev–Trinajstić information content (AvgIpc) is 3.14. The molecule has 0 saturated heterocycles. The first-order chi connectivity index (χ1) is 13.6. The van der Waals surface area contributed by atoms with Gasteiger partial charge in [0.25, 0.3) is 0 Å². The summed E-state index contributed by atoms with van der Waals surface area (Å²) in [5.74, 6) is 1.45. The Morgan fingerprint density at radius 2 is 1.64 bits per heavy atom. The summed E-state index contributed by atoms with van der Waals surface area (Å²) in [7, 11) is 6.41. The second-order valence-electron chi connectivity index (χ2n) is 5.64. The van der Waals surface area contributed by atoms with Crippen molar-refractivity contribution in [1.82, 2.24) is 4.68 Å². The number of thiazole rings is 1. The summed E-state index contributed by atoms with van der Waals surface area (Å²) < 4.78 is 31.2. The normalized spacial score (nSPS) is 11.8. The highest BCUT2D eigenvalue weighted by molar-refractivity contribution is 7.07. The van der Waals surface area contributed by atoms with Crippen molar-refractivity contribution in [1.29, 1.82) is 0 Å². The Hall–Kier alpha value is -3.13. The standard InChI is InChI=1S/C20H20FN3O3S/c1-22-20-24(17(12-28-20)13-5-7-14(21)8-6-13)23-11-16-18(26-3)9-15(25-2)10-19(16)27-4/h5-12H,1-4H3/b22-20?,23-11-. The fraction of sp³-hybridized carbons (Fsp3) is 0.200. The van der Waals surface area contributed by atoms with Crippen LogP contribution >= 0.6 is 11.3 Å². The second-order valence-corrected chi connectivity index (χ2v) is 6.47. The quantitative estimate of drug-likeness (QED) is 0.591. The number of halogens is 1. The number of ether oxygens (including phenoxy) is 3. The van der Waals surface area contributed by atoms with Crippen LogP contribution in [0.15, 0.2) is 51.9 Å². The maximum Gasteiger partial charge on any atom is 0.205 e. The SMILES string of the molecule is CN=c1scc(-c2ccc(F)cc2)n1/N=C\c1c(OC)cc(OC)cc1OC. The smallest absolute Gasteiger partial charge is 0.205 e. The van der Waals surface area contributed by atoms with Crippen LogP contribution in [0.4, 0.5) is 4.39 Å². The lowest BCUT2D eigenvalue weighted by Crippen LogP contribution is -2.11. The van der Waals surface area contributed by atoms with Gasteiger partial charge < -0.3 is 14.2 Å². The summed E-state index contributed by atoms with van der Waals surface area (Å²) >= 11 is 1.44. The zero-order chi connectivity index (χ0) is 20.1. The summed E-state index contributed by atoms with van der Waals surface area (Å²) in [6.45, 7) is 0. The van der Waals surface area contributed by atoms with Crippen LogP contribution in [0, 0.1) is 5.82 Å². The number of hydrogen-bond donors (Lipinski definition) is 0. The van der Waals surface area contributed by atoms with Crippen molar-refractivity contribution >= 4 is 17.6 Å². The predicted octanol–water partition coefficient (Wildman–Crippen LogP) is 3.79. The molecular weight excluding hydrogens is 381 g/mol. The van der Waals surface area contributed by atoms with Crippen LogP contribution in [0.1, 0.15) is 5.56 Å². The Kier molecular flexibility index (Phi) is 6.10. The Labute approximate surface area is 166 Å². The third-order valence-corrected chi connectivity index (χ3v) is 4.98. The number of nitrogens with zero attached hydrogens (tertiary/aromatic N) is 3. The maximum absolute atomic E-state index is 13.3. The van der Waals surface area contributed by atoms with Gasteiger partial charge in [0, 0.05) is 30.1 Å². The fourth-order valence-corrected chi connectivity index (χ4v) is 3.46. The molecule has 0 atom stereocenters. The summed E-state index contributed by atoms with van der Waals surface area (Å²) in [5.41, 5.74) is 2.29. The minimum Gasteiger partial charge on any atom is -0.496 e. The molecule has 6 nitrogen and oxygen atoms in total. The molecule has 0 amide bonds. The Morgan fingerprint density at radius 3 is 2.18 bits per heavy atom. The highest BCUT2D eigenvalue weighted by atomic mass is 32.1. The molecule has 3 aromatic rings. The van der Waals surface area contributed by atoms with Gasteiger partial charge in [0.15, 0.2) is 0 Å². The van der Waals surface area contributed by atoms with Gasteiger partial charge in [-0.1, -0.05) is 0 Å². The predicted molar refractivity (Wildman–Crippen MR) is 108 cm³/mol. The average molecular weight is 401 g/mol. The number of methoxy groups -OCH3 is 3. The Balaban J connectivity index is 2.11. The molecule has 28 heavy (non-hydrogen) atoms. The van der Waals surface area contributed by atoms with Crippen LogP contribution in [0.3, 0.4) is 0 Å². The van der Waals surface area contributed by atoms with E-state index in [1.807, 2.05) is 5.38 Å². The van der Waals surface area contributed by atoms with E-state index in [1.165, 1.54) is 23.5 Å². The van der Waals surface area contributed by atoms with Gasteiger partial charge in [-0.3, -0.25) is 4.99 Å². The van der Waals surface area contributed by atoms with Crippen molar-refractivity contribution in [3.8, 4) is 28.5 Å². The first-order valence-electron chi connectivity index (χ1n) is 8.35. The van der Waals surface area contributed by atoms with Gasteiger partial charge in [-0.25, -0.2) is 9.07 Å². The minimum atomic E-state index is -0.290. The van der Waals surface area contributed by atoms with Gasteiger partial charge in [-0.05, 0) is 24.3 Å². The number of benzene rings is 2. The van der Waals surface area contributed by atoms with Gasteiger partial charge in [-0.15, -0.1) is 11.3 Å². The van der Waals surface area contributed by atoms with Crippen LogP contribution in [0.5, 0.6) is 17.2 Å². The zero-order valence-electron chi connectivity index (χ0n) is 16.0. The zero-order valence-corrected chi connectivity index (χ0v) is 16.8. The molecule has 8 heteroatoms. The molecule has 1 aromatic heterocycles.